The highest BCUT2D eigenvalue weighted by Crippen LogP contribution is 2.16. The van der Waals surface area contributed by atoms with E-state index in [0.29, 0.717) is 43.6 Å². The van der Waals surface area contributed by atoms with Gasteiger partial charge in [0.2, 0.25) is 5.95 Å². The van der Waals surface area contributed by atoms with Gasteiger partial charge in [0.05, 0.1) is 5.56 Å². The van der Waals surface area contributed by atoms with E-state index in [-0.39, 0.29) is 17.2 Å². The molecule has 1 saturated heterocycles. The van der Waals surface area contributed by atoms with Crippen LogP contribution in [0.4, 0.5) is 14.7 Å². The number of aromatic amines is 1. The van der Waals surface area contributed by atoms with Gasteiger partial charge in [0.15, 0.2) is 0 Å². The number of hydrogen-bond donors (Lipinski definition) is 2. The maximum absolute atomic E-state index is 13.7. The molecule has 0 atom stereocenters. The number of anilines is 1. The molecular formula is C17H18F2N4O2. The molecule has 0 spiro atoms. The van der Waals surface area contributed by atoms with Crippen LogP contribution in [-0.4, -0.2) is 35.0 Å². The van der Waals surface area contributed by atoms with Crippen LogP contribution in [0.3, 0.4) is 0 Å². The average molecular weight is 348 g/mol. The molecule has 1 amide bonds. The molecule has 0 unspecified atom stereocenters. The first-order chi connectivity index (χ1) is 11.9. The highest BCUT2D eigenvalue weighted by atomic mass is 19.1. The number of piperidine rings is 1. The highest BCUT2D eigenvalue weighted by molar-refractivity contribution is 5.94. The predicted molar refractivity (Wildman–Crippen MR) is 88.7 cm³/mol. The van der Waals surface area contributed by atoms with Crippen molar-refractivity contribution in [1.82, 2.24) is 15.3 Å². The summed E-state index contributed by atoms with van der Waals surface area (Å²) >= 11 is 0. The van der Waals surface area contributed by atoms with Gasteiger partial charge in [0.25, 0.3) is 11.5 Å². The maximum atomic E-state index is 13.7. The molecule has 0 radical (unpaired) electrons. The molecule has 8 heteroatoms. The molecular weight excluding hydrogens is 330 g/mol. The standard InChI is InChI=1S/C17H18F2N4O2/c1-10-8-15(24)22-17(20-10)23-6-4-12(5-7-23)21-16(25)13-3-2-11(18)9-14(13)19/h2-3,8-9,12H,4-7H2,1H3,(H,21,25)(H,20,22,24). The van der Waals surface area contributed by atoms with E-state index in [0.717, 1.165) is 12.1 Å². The fourth-order valence-corrected chi connectivity index (χ4v) is 2.89. The summed E-state index contributed by atoms with van der Waals surface area (Å²) in [7, 11) is 0. The number of benzene rings is 1. The smallest absolute Gasteiger partial charge is 0.254 e. The first-order valence-corrected chi connectivity index (χ1v) is 8.01. The van der Waals surface area contributed by atoms with E-state index in [2.05, 4.69) is 15.3 Å². The maximum Gasteiger partial charge on any atom is 0.254 e. The molecule has 1 aromatic heterocycles. The van der Waals surface area contributed by atoms with E-state index >= 15 is 0 Å². The molecule has 2 heterocycles. The SMILES string of the molecule is Cc1cc(=O)[nH]c(N2CCC(NC(=O)c3ccc(F)cc3F)CC2)n1. The van der Waals surface area contributed by atoms with Crippen molar-refractivity contribution in [3.8, 4) is 0 Å². The van der Waals surface area contributed by atoms with Gasteiger partial charge in [-0.1, -0.05) is 0 Å². The number of nitrogens with zero attached hydrogens (tertiary/aromatic N) is 2. The highest BCUT2D eigenvalue weighted by Gasteiger charge is 2.23. The fraction of sp³-hybridized carbons (Fsp3) is 0.353. The van der Waals surface area contributed by atoms with Crippen molar-refractivity contribution in [2.45, 2.75) is 25.8 Å². The van der Waals surface area contributed by atoms with Crippen LogP contribution in [0.25, 0.3) is 0 Å². The van der Waals surface area contributed by atoms with Crippen LogP contribution in [0.1, 0.15) is 28.9 Å². The summed E-state index contributed by atoms with van der Waals surface area (Å²) in [6.07, 6.45) is 1.26. The Morgan fingerprint density at radius 3 is 2.64 bits per heavy atom. The lowest BCUT2D eigenvalue weighted by molar-refractivity contribution is 0.0927. The summed E-state index contributed by atoms with van der Waals surface area (Å²) in [5.74, 6) is -1.64. The van der Waals surface area contributed by atoms with Crippen LogP contribution in [0.15, 0.2) is 29.1 Å². The third kappa shape index (κ3) is 4.01. The summed E-state index contributed by atoms with van der Waals surface area (Å²) in [6, 6.07) is 4.19. The molecule has 3 rings (SSSR count). The first-order valence-electron chi connectivity index (χ1n) is 8.01. The second-order valence-corrected chi connectivity index (χ2v) is 6.07. The number of aromatic nitrogens is 2. The molecule has 2 N–H and O–H groups in total. The van der Waals surface area contributed by atoms with Gasteiger partial charge in [-0.15, -0.1) is 0 Å². The van der Waals surface area contributed by atoms with Crippen LogP contribution in [0.5, 0.6) is 0 Å². The zero-order valence-electron chi connectivity index (χ0n) is 13.7. The fourth-order valence-electron chi connectivity index (χ4n) is 2.89. The second kappa shape index (κ2) is 7.00. The Kier molecular flexibility index (Phi) is 4.78. The Morgan fingerprint density at radius 1 is 1.28 bits per heavy atom. The second-order valence-electron chi connectivity index (χ2n) is 6.07. The largest absolute Gasteiger partial charge is 0.349 e. The Morgan fingerprint density at radius 2 is 2.00 bits per heavy atom. The minimum atomic E-state index is -0.878. The van der Waals surface area contributed by atoms with Crippen LogP contribution in [0.2, 0.25) is 0 Å². The Hall–Kier alpha value is -2.77. The van der Waals surface area contributed by atoms with Gasteiger partial charge in [-0.2, -0.15) is 0 Å². The van der Waals surface area contributed by atoms with Gasteiger partial charge in [-0.3, -0.25) is 14.6 Å². The lowest BCUT2D eigenvalue weighted by atomic mass is 10.0. The van der Waals surface area contributed by atoms with E-state index < -0.39 is 17.5 Å². The molecule has 1 aliphatic rings. The number of hydrogen-bond acceptors (Lipinski definition) is 4. The number of halogens is 2. The minimum absolute atomic E-state index is 0.121. The lowest BCUT2D eigenvalue weighted by Gasteiger charge is -2.32. The number of carbonyl (C=O) groups excluding carboxylic acids is 1. The molecule has 132 valence electrons. The summed E-state index contributed by atoms with van der Waals surface area (Å²) in [5, 5.41) is 2.77. The van der Waals surface area contributed by atoms with E-state index in [9.17, 15) is 18.4 Å². The van der Waals surface area contributed by atoms with Crippen molar-refractivity contribution >= 4 is 11.9 Å². The zero-order chi connectivity index (χ0) is 18.0. The molecule has 25 heavy (non-hydrogen) atoms. The third-order valence-electron chi connectivity index (χ3n) is 4.16. The van der Waals surface area contributed by atoms with Crippen molar-refractivity contribution in [3.05, 3.63) is 57.5 Å². The molecule has 1 aromatic carbocycles. The van der Waals surface area contributed by atoms with Gasteiger partial charge >= 0.3 is 0 Å². The third-order valence-corrected chi connectivity index (χ3v) is 4.16. The average Bonchev–Trinajstić information content (AvgIpc) is 2.54. The Labute approximate surface area is 142 Å². The van der Waals surface area contributed by atoms with Crippen molar-refractivity contribution in [1.29, 1.82) is 0 Å². The predicted octanol–water partition coefficient (Wildman–Crippen LogP) is 1.76. The van der Waals surface area contributed by atoms with Crippen LogP contribution >= 0.6 is 0 Å². The summed E-state index contributed by atoms with van der Waals surface area (Å²) < 4.78 is 26.6. The van der Waals surface area contributed by atoms with E-state index in [1.54, 1.807) is 6.92 Å². The number of carbonyl (C=O) groups is 1. The van der Waals surface area contributed by atoms with Gasteiger partial charge in [-0.25, -0.2) is 13.8 Å². The van der Waals surface area contributed by atoms with Crippen molar-refractivity contribution in [2.24, 2.45) is 0 Å². The van der Waals surface area contributed by atoms with E-state index in [1.807, 2.05) is 4.90 Å². The normalized spacial score (nSPS) is 15.2. The van der Waals surface area contributed by atoms with E-state index in [4.69, 9.17) is 0 Å². The van der Waals surface area contributed by atoms with Gasteiger partial charge in [0.1, 0.15) is 11.6 Å². The molecule has 1 fully saturated rings. The number of nitrogens with one attached hydrogen (secondary N) is 2. The minimum Gasteiger partial charge on any atom is -0.349 e. The summed E-state index contributed by atoms with van der Waals surface area (Å²) in [6.45, 7) is 2.95. The van der Waals surface area contributed by atoms with Gasteiger partial charge in [0, 0.05) is 37.0 Å². The van der Waals surface area contributed by atoms with Crippen molar-refractivity contribution in [3.63, 3.8) is 0 Å². The van der Waals surface area contributed by atoms with Gasteiger partial charge in [-0.05, 0) is 31.9 Å². The summed E-state index contributed by atoms with van der Waals surface area (Å²) in [5.41, 5.74) is 0.263. The molecule has 0 bridgehead atoms. The van der Waals surface area contributed by atoms with Crippen LogP contribution in [-0.2, 0) is 0 Å². The Balaban J connectivity index is 1.60. The van der Waals surface area contributed by atoms with Crippen molar-refractivity contribution < 1.29 is 13.6 Å². The Bertz CT molecular complexity index is 845. The van der Waals surface area contributed by atoms with Crippen molar-refractivity contribution in [2.75, 3.05) is 18.0 Å². The van der Waals surface area contributed by atoms with Crippen LogP contribution < -0.4 is 15.8 Å². The quantitative estimate of drug-likeness (QED) is 0.886. The number of aryl methyl sites for hydroxylation is 1. The number of H-pyrrole nitrogens is 1. The molecule has 1 aliphatic heterocycles. The topological polar surface area (TPSA) is 78.1 Å². The molecule has 6 nitrogen and oxygen atoms in total. The first kappa shape index (κ1) is 17.1. The van der Waals surface area contributed by atoms with E-state index in [1.165, 1.54) is 6.07 Å². The van der Waals surface area contributed by atoms with Gasteiger partial charge < -0.3 is 10.2 Å². The number of amides is 1. The lowest BCUT2D eigenvalue weighted by Crippen LogP contribution is -2.45. The zero-order valence-corrected chi connectivity index (χ0v) is 13.7. The summed E-state index contributed by atoms with van der Waals surface area (Å²) in [4.78, 5) is 32.6. The molecule has 0 aliphatic carbocycles. The molecule has 2 aromatic rings. The monoisotopic (exact) mass is 348 g/mol. The number of rotatable bonds is 3. The van der Waals surface area contributed by atoms with Crippen LogP contribution in [0, 0.1) is 18.6 Å². The molecule has 0 saturated carbocycles.